The van der Waals surface area contributed by atoms with Crippen LogP contribution in [0.5, 0.6) is 0 Å². The molecule has 0 aliphatic heterocycles. The maximum atomic E-state index is 9.96. The smallest absolute Gasteiger partial charge is 0.549 e. The third-order valence-electron chi connectivity index (χ3n) is 3.96. The minimum atomic E-state index is -1.41. The Bertz CT molecular complexity index is 282. The second kappa shape index (κ2) is 21.3. The fourth-order valence-corrected chi connectivity index (χ4v) is 2.17. The van der Waals surface area contributed by atoms with Crippen molar-refractivity contribution in [2.75, 3.05) is 13.2 Å². The topological polar surface area (TPSA) is 98.7 Å². The van der Waals surface area contributed by atoms with Crippen LogP contribution >= 0.6 is 0 Å². The molecule has 0 aromatic carbocycles. The summed E-state index contributed by atoms with van der Waals surface area (Å²) in [5.74, 6) is 0.727. The van der Waals surface area contributed by atoms with Crippen LogP contribution < -0.4 is 10.2 Å². The van der Waals surface area contributed by atoms with Gasteiger partial charge in [0.15, 0.2) is 0 Å². The number of carbonyl (C=O) groups excluding carboxylic acids is 2. The van der Waals surface area contributed by atoms with E-state index >= 15 is 0 Å². The van der Waals surface area contributed by atoms with Gasteiger partial charge in [0.25, 0.3) is 12.3 Å². The largest absolute Gasteiger partial charge is 2.00 e. The summed E-state index contributed by atoms with van der Waals surface area (Å²) in [6, 6.07) is 0. The Kier molecular flexibility index (Phi) is 24.8. The monoisotopic (exact) mass is 370 g/mol. The molecule has 0 aromatic heterocycles. The molecule has 6 nitrogen and oxygen atoms in total. The van der Waals surface area contributed by atoms with Crippen LogP contribution in [0.25, 0.3) is 0 Å². The van der Waals surface area contributed by atoms with Gasteiger partial charge in [-0.1, -0.05) is 66.2 Å². The van der Waals surface area contributed by atoms with E-state index in [1.165, 1.54) is 0 Å². The van der Waals surface area contributed by atoms with Gasteiger partial charge in [-0.2, -0.15) is 0 Å². The Balaban J connectivity index is -0.000000372. The maximum absolute atomic E-state index is 9.96. The number of carbonyl (C=O) groups is 2. The van der Waals surface area contributed by atoms with Gasteiger partial charge in [0.05, 0.1) is 0 Å². The summed E-state index contributed by atoms with van der Waals surface area (Å²) in [5.41, 5.74) is 0. The van der Waals surface area contributed by atoms with Crippen LogP contribution in [0.1, 0.15) is 79.1 Å². The van der Waals surface area contributed by atoms with E-state index in [4.69, 9.17) is 0 Å². The van der Waals surface area contributed by atoms with Crippen molar-refractivity contribution in [1.29, 1.82) is 0 Å². The van der Waals surface area contributed by atoms with E-state index in [2.05, 4.69) is 23.3 Å². The average Bonchev–Trinajstić information content (AvgIpc) is 2.55. The van der Waals surface area contributed by atoms with Crippen LogP contribution in [0.2, 0.25) is 0 Å². The van der Waals surface area contributed by atoms with Crippen molar-refractivity contribution in [3.05, 3.63) is 0 Å². The van der Waals surface area contributed by atoms with Gasteiger partial charge < -0.3 is 29.3 Å². The predicted molar refractivity (Wildman–Crippen MR) is 95.1 cm³/mol. The van der Waals surface area contributed by atoms with E-state index < -0.39 is 12.3 Å². The zero-order valence-electron chi connectivity index (χ0n) is 16.4. The fourth-order valence-electron chi connectivity index (χ4n) is 2.17. The molecule has 2 atom stereocenters. The van der Waals surface area contributed by atoms with Gasteiger partial charge in [0.2, 0.25) is 0 Å². The molecule has 0 saturated heterocycles. The van der Waals surface area contributed by atoms with E-state index in [1.807, 2.05) is 13.8 Å². The molecule has 0 bridgehead atoms. The molecule has 144 valence electrons. The van der Waals surface area contributed by atoms with Crippen LogP contribution in [-0.4, -0.2) is 48.6 Å². The Morgan fingerprint density at radius 3 is 1.28 bits per heavy atom. The predicted octanol–water partition coefficient (Wildman–Crippen LogP) is 2.74. The second-order valence-electron chi connectivity index (χ2n) is 5.96. The first kappa shape index (κ1) is 29.1. The molecule has 0 heterocycles. The molecule has 7 heteroatoms. The van der Waals surface area contributed by atoms with Crippen molar-refractivity contribution >= 4 is 35.4 Å². The first-order chi connectivity index (χ1) is 11.4. The Morgan fingerprint density at radius 1 is 0.760 bits per heavy atom. The summed E-state index contributed by atoms with van der Waals surface area (Å²) >= 11 is 0. The van der Waals surface area contributed by atoms with E-state index in [0.29, 0.717) is 25.0 Å². The quantitative estimate of drug-likeness (QED) is 0.387. The maximum Gasteiger partial charge on any atom is 2.00 e. The summed E-state index contributed by atoms with van der Waals surface area (Å²) in [4.78, 5) is 19.9. The van der Waals surface area contributed by atoms with Gasteiger partial charge >= 0.3 is 23.1 Å². The standard InChI is InChI=1S/2C9H18O3.Mg/c2*1-3-5-6-8(4-2)7-12-9(10)11;/h2*8H,3-7H2,1-2H3,(H,10,11);/q;;+2/p-2. The van der Waals surface area contributed by atoms with Gasteiger partial charge in [0, 0.05) is 13.2 Å². The van der Waals surface area contributed by atoms with E-state index in [1.54, 1.807) is 0 Å². The molecule has 0 N–H and O–H groups in total. The van der Waals surface area contributed by atoms with Crippen LogP contribution in [0.4, 0.5) is 9.59 Å². The SMILES string of the molecule is CCCCC(CC)COC(=O)[O-].CCCCC(CC)COC(=O)[O-].[Mg+2]. The van der Waals surface area contributed by atoms with E-state index in [-0.39, 0.29) is 23.1 Å². The molecule has 0 aromatic rings. The number of rotatable bonds is 12. The number of carboxylic acid groups (broad SMARTS) is 2. The summed E-state index contributed by atoms with van der Waals surface area (Å²) in [5, 5.41) is 19.9. The molecular weight excluding hydrogens is 336 g/mol. The summed E-state index contributed by atoms with van der Waals surface area (Å²) < 4.78 is 8.79. The van der Waals surface area contributed by atoms with Gasteiger partial charge in [0.1, 0.15) is 0 Å². The van der Waals surface area contributed by atoms with Crippen molar-refractivity contribution in [2.24, 2.45) is 11.8 Å². The molecule has 0 amide bonds. The number of hydrogen-bond acceptors (Lipinski definition) is 6. The first-order valence-electron chi connectivity index (χ1n) is 9.08. The third-order valence-corrected chi connectivity index (χ3v) is 3.96. The summed E-state index contributed by atoms with van der Waals surface area (Å²) in [6.45, 7) is 8.90. The molecule has 0 aliphatic carbocycles. The number of unbranched alkanes of at least 4 members (excludes halogenated alkanes) is 2. The van der Waals surface area contributed by atoms with Crippen LogP contribution in [0.15, 0.2) is 0 Å². The Labute approximate surface area is 168 Å². The fraction of sp³-hybridized carbons (Fsp3) is 0.889. The van der Waals surface area contributed by atoms with Crippen molar-refractivity contribution in [3.8, 4) is 0 Å². The van der Waals surface area contributed by atoms with E-state index in [0.717, 1.165) is 51.4 Å². The van der Waals surface area contributed by atoms with Gasteiger partial charge in [-0.25, -0.2) is 0 Å². The van der Waals surface area contributed by atoms with Crippen molar-refractivity contribution in [1.82, 2.24) is 0 Å². The van der Waals surface area contributed by atoms with Gasteiger partial charge in [-0.05, 0) is 24.7 Å². The van der Waals surface area contributed by atoms with Gasteiger partial charge in [-0.3, -0.25) is 0 Å². The van der Waals surface area contributed by atoms with Crippen LogP contribution in [0, 0.1) is 11.8 Å². The molecule has 0 saturated carbocycles. The van der Waals surface area contributed by atoms with Crippen molar-refractivity contribution in [3.63, 3.8) is 0 Å². The molecule has 0 fully saturated rings. The van der Waals surface area contributed by atoms with Crippen molar-refractivity contribution in [2.45, 2.75) is 79.1 Å². The normalized spacial score (nSPS) is 12.0. The molecule has 0 aliphatic rings. The van der Waals surface area contributed by atoms with Crippen molar-refractivity contribution < 1.29 is 29.3 Å². The minimum absolute atomic E-state index is 0. The van der Waals surface area contributed by atoms with Crippen LogP contribution in [-0.2, 0) is 9.47 Å². The zero-order valence-corrected chi connectivity index (χ0v) is 17.8. The molecule has 0 rings (SSSR count). The molecule has 0 radical (unpaired) electrons. The minimum Gasteiger partial charge on any atom is -0.549 e. The summed E-state index contributed by atoms with van der Waals surface area (Å²) in [6.07, 6.45) is 5.74. The first-order valence-corrected chi connectivity index (χ1v) is 9.08. The van der Waals surface area contributed by atoms with Gasteiger partial charge in [-0.15, -0.1) is 0 Å². The molecule has 0 spiro atoms. The number of ether oxygens (including phenoxy) is 2. The second-order valence-corrected chi connectivity index (χ2v) is 5.96. The number of hydrogen-bond donors (Lipinski definition) is 0. The summed E-state index contributed by atoms with van der Waals surface area (Å²) in [7, 11) is 0. The molecule has 2 unspecified atom stereocenters. The zero-order chi connectivity index (χ0) is 18.8. The Hall–Kier alpha value is -0.694. The average molecular weight is 371 g/mol. The van der Waals surface area contributed by atoms with Crippen LogP contribution in [0.3, 0.4) is 0 Å². The van der Waals surface area contributed by atoms with E-state index in [9.17, 15) is 19.8 Å². The Morgan fingerprint density at radius 2 is 1.08 bits per heavy atom. The third kappa shape index (κ3) is 23.3. The molecular formula is C18H34MgO6. The molecule has 25 heavy (non-hydrogen) atoms.